The lowest BCUT2D eigenvalue weighted by Gasteiger charge is -2.22. The smallest absolute Gasteiger partial charge is 0.251 e. The Labute approximate surface area is 195 Å². The van der Waals surface area contributed by atoms with E-state index in [1.165, 1.54) is 13.0 Å². The summed E-state index contributed by atoms with van der Waals surface area (Å²) in [6, 6.07) is 17.1. The van der Waals surface area contributed by atoms with Crippen LogP contribution < -0.4 is 15.5 Å². The lowest BCUT2D eigenvalue weighted by atomic mass is 10.0. The first-order valence-corrected chi connectivity index (χ1v) is 11.4. The number of amides is 2. The van der Waals surface area contributed by atoms with Gasteiger partial charge in [-0.1, -0.05) is 30.3 Å². The van der Waals surface area contributed by atoms with E-state index in [-0.39, 0.29) is 18.0 Å². The Bertz CT molecular complexity index is 998. The van der Waals surface area contributed by atoms with Gasteiger partial charge in [0.05, 0.1) is 17.9 Å². The zero-order valence-corrected chi connectivity index (χ0v) is 19.3. The van der Waals surface area contributed by atoms with Gasteiger partial charge in [-0.25, -0.2) is 0 Å². The van der Waals surface area contributed by atoms with Crippen LogP contribution in [0.15, 0.2) is 66.2 Å². The van der Waals surface area contributed by atoms with Crippen LogP contribution in [-0.4, -0.2) is 43.5 Å². The molecule has 0 spiro atoms. The van der Waals surface area contributed by atoms with Crippen LogP contribution in [0.5, 0.6) is 0 Å². The van der Waals surface area contributed by atoms with Gasteiger partial charge in [0.2, 0.25) is 5.91 Å². The van der Waals surface area contributed by atoms with Crippen LogP contribution in [0.1, 0.15) is 38.7 Å². The molecule has 7 heteroatoms. The number of ether oxygens (including phenoxy) is 1. The highest BCUT2D eigenvalue weighted by molar-refractivity contribution is 6.16. The van der Waals surface area contributed by atoms with Gasteiger partial charge >= 0.3 is 0 Å². The number of carbonyl (C=O) groups is 2. The van der Waals surface area contributed by atoms with Gasteiger partial charge in [0, 0.05) is 38.2 Å². The summed E-state index contributed by atoms with van der Waals surface area (Å²) >= 11 is 0. The number of rotatable bonds is 9. The third-order valence-corrected chi connectivity index (χ3v) is 5.59. The first-order valence-electron chi connectivity index (χ1n) is 11.4. The summed E-state index contributed by atoms with van der Waals surface area (Å²) in [6.45, 7) is 4.68. The van der Waals surface area contributed by atoms with Crippen molar-refractivity contribution in [3.8, 4) is 0 Å². The van der Waals surface area contributed by atoms with E-state index in [9.17, 15) is 9.59 Å². The fourth-order valence-electron chi connectivity index (χ4n) is 3.83. The average Bonchev–Trinajstić information content (AvgIpc) is 2.82. The molecule has 0 aliphatic carbocycles. The number of nitrogens with two attached hydrogens (primary N) is 1. The van der Waals surface area contributed by atoms with Crippen LogP contribution in [0.25, 0.3) is 0 Å². The fourth-order valence-corrected chi connectivity index (χ4v) is 3.83. The topological polar surface area (TPSA) is 99.1 Å². The molecule has 1 unspecified atom stereocenters. The molecule has 2 aromatic rings. The molecular formula is C26H33N4O3+. The largest absolute Gasteiger partial charge is 0.355 e. The highest BCUT2D eigenvalue weighted by atomic mass is 16.5. The molecule has 1 fully saturated rings. The van der Waals surface area contributed by atoms with E-state index in [1.54, 1.807) is 11.8 Å². The molecule has 1 saturated heterocycles. The minimum Gasteiger partial charge on any atom is -0.355 e. The predicted octanol–water partition coefficient (Wildman–Crippen LogP) is 2.89. The first-order chi connectivity index (χ1) is 16.0. The van der Waals surface area contributed by atoms with Crippen molar-refractivity contribution < 1.29 is 19.6 Å². The van der Waals surface area contributed by atoms with Crippen molar-refractivity contribution in [3.05, 3.63) is 71.8 Å². The van der Waals surface area contributed by atoms with E-state index < -0.39 is 0 Å². The van der Waals surface area contributed by atoms with Gasteiger partial charge in [-0.05, 0) is 49.6 Å². The number of nitrogens with one attached hydrogen (secondary N) is 2. The average molecular weight is 450 g/mol. The van der Waals surface area contributed by atoms with Gasteiger partial charge in [0.1, 0.15) is 5.69 Å². The number of hydrogen-bond acceptors (Lipinski definition) is 4. The molecule has 0 saturated carbocycles. The Morgan fingerprint density at radius 3 is 2.55 bits per heavy atom. The van der Waals surface area contributed by atoms with Crippen molar-refractivity contribution in [1.29, 1.82) is 5.41 Å². The molecule has 4 N–H and O–H groups in total. The minimum atomic E-state index is -0.231. The summed E-state index contributed by atoms with van der Waals surface area (Å²) < 4.78 is 5.85. The van der Waals surface area contributed by atoms with E-state index in [0.29, 0.717) is 24.4 Å². The maximum atomic E-state index is 13.2. The Morgan fingerprint density at radius 2 is 1.85 bits per heavy atom. The number of benzene rings is 2. The lowest BCUT2D eigenvalue weighted by Crippen LogP contribution is -2.86. The van der Waals surface area contributed by atoms with Crippen LogP contribution in [0.4, 0.5) is 11.4 Å². The van der Waals surface area contributed by atoms with E-state index in [4.69, 9.17) is 10.1 Å². The van der Waals surface area contributed by atoms with Crippen LogP contribution >= 0.6 is 0 Å². The summed E-state index contributed by atoms with van der Waals surface area (Å²) in [7, 11) is 0. The Kier molecular flexibility index (Phi) is 8.92. The van der Waals surface area contributed by atoms with Crippen molar-refractivity contribution in [2.24, 2.45) is 0 Å². The van der Waals surface area contributed by atoms with Crippen LogP contribution in [0.3, 0.4) is 0 Å². The highest BCUT2D eigenvalue weighted by Crippen LogP contribution is 2.18. The molecule has 0 radical (unpaired) electrons. The molecule has 1 aliphatic rings. The molecule has 0 bridgehead atoms. The molecule has 0 aromatic heterocycles. The molecule has 174 valence electrons. The highest BCUT2D eigenvalue weighted by Gasteiger charge is 2.21. The van der Waals surface area contributed by atoms with Gasteiger partial charge in [0.25, 0.3) is 5.91 Å². The zero-order valence-electron chi connectivity index (χ0n) is 19.3. The maximum absolute atomic E-state index is 13.2. The van der Waals surface area contributed by atoms with Crippen molar-refractivity contribution in [2.45, 2.75) is 39.3 Å². The summed E-state index contributed by atoms with van der Waals surface area (Å²) in [5, 5.41) is 13.6. The van der Waals surface area contributed by atoms with Crippen LogP contribution in [0.2, 0.25) is 0 Å². The fraction of sp³-hybridized carbons (Fsp3) is 0.346. The standard InChI is InChI=1S/C26H32N4O3/c1-19(18-25(32)30(16-15-28-20(2)31)21-10-4-3-5-11-21)26(27)22-12-6-7-13-23(22)29-24-14-8-9-17-33-24/h3-7,10-13,18,24,27,29H,8-9,14-17H2,1-2H3,(H,28,31)/p+1. The molecule has 3 rings (SSSR count). The predicted molar refractivity (Wildman–Crippen MR) is 130 cm³/mol. The Hall–Kier alpha value is -3.29. The van der Waals surface area contributed by atoms with E-state index in [1.807, 2.05) is 54.6 Å². The summed E-state index contributed by atoms with van der Waals surface area (Å²) in [4.78, 5) is 26.1. The minimum absolute atomic E-state index is 0.0564. The van der Waals surface area contributed by atoms with Crippen LogP contribution in [0, 0.1) is 5.41 Å². The number of quaternary nitrogens is 1. The molecule has 1 heterocycles. The van der Waals surface area contributed by atoms with Crippen molar-refractivity contribution in [3.63, 3.8) is 0 Å². The number of para-hydroxylation sites is 2. The number of anilines is 1. The van der Waals surface area contributed by atoms with Gasteiger partial charge < -0.3 is 15.0 Å². The first kappa shape index (κ1) is 24.4. The Morgan fingerprint density at radius 1 is 1.12 bits per heavy atom. The third kappa shape index (κ3) is 7.10. The zero-order chi connectivity index (χ0) is 23.6. The van der Waals surface area contributed by atoms with Gasteiger partial charge in [0.15, 0.2) is 6.23 Å². The molecule has 7 nitrogen and oxygen atoms in total. The van der Waals surface area contributed by atoms with E-state index >= 15 is 0 Å². The number of allylic oxidation sites excluding steroid dienone is 1. The molecule has 2 aromatic carbocycles. The summed E-state index contributed by atoms with van der Waals surface area (Å²) in [5.41, 5.74) is 3.34. The van der Waals surface area contributed by atoms with Crippen molar-refractivity contribution in [1.82, 2.24) is 5.32 Å². The van der Waals surface area contributed by atoms with Crippen molar-refractivity contribution >= 4 is 28.9 Å². The second-order valence-corrected chi connectivity index (χ2v) is 8.17. The molecular weight excluding hydrogens is 416 g/mol. The van der Waals surface area contributed by atoms with E-state index in [0.717, 1.165) is 42.8 Å². The molecule has 2 amide bonds. The SMILES string of the molecule is CC(=O)NCCN(C(=O)C=C(C)C(=N)c1ccccc1[NH2+]C1CCCCO1)c1ccccc1. The quantitative estimate of drug-likeness (QED) is 0.312. The van der Waals surface area contributed by atoms with Gasteiger partial charge in [-0.15, -0.1) is 0 Å². The number of hydrogen-bond donors (Lipinski definition) is 3. The second kappa shape index (κ2) is 12.1. The van der Waals surface area contributed by atoms with E-state index in [2.05, 4.69) is 10.6 Å². The number of nitrogens with zero attached hydrogens (tertiary/aromatic N) is 1. The monoisotopic (exact) mass is 449 g/mol. The van der Waals surface area contributed by atoms with Gasteiger partial charge in [-0.3, -0.25) is 20.3 Å². The summed E-state index contributed by atoms with van der Waals surface area (Å²) in [5.74, 6) is -0.371. The molecule has 1 aliphatic heterocycles. The molecule has 1 atom stereocenters. The maximum Gasteiger partial charge on any atom is 0.251 e. The van der Waals surface area contributed by atoms with Crippen molar-refractivity contribution in [2.75, 3.05) is 24.6 Å². The van der Waals surface area contributed by atoms with Gasteiger partial charge in [-0.2, -0.15) is 0 Å². The lowest BCUT2D eigenvalue weighted by molar-refractivity contribution is -0.660. The third-order valence-electron chi connectivity index (χ3n) is 5.59. The van der Waals surface area contributed by atoms with Crippen LogP contribution in [-0.2, 0) is 14.3 Å². The number of carbonyl (C=O) groups excluding carboxylic acids is 2. The normalized spacial score (nSPS) is 16.2. The second-order valence-electron chi connectivity index (χ2n) is 8.17. The molecule has 33 heavy (non-hydrogen) atoms. The summed E-state index contributed by atoms with van der Waals surface area (Å²) in [6.07, 6.45) is 4.76. The Balaban J connectivity index is 1.78.